The number of sulfonamides is 1. The Bertz CT molecular complexity index is 1340. The van der Waals surface area contributed by atoms with Crippen LogP contribution >= 0.6 is 0 Å². The molecule has 186 valence electrons. The molecule has 3 N–H and O–H groups in total. The minimum Gasteiger partial charge on any atom is -0.457 e. The number of hydrogen-bond donors (Lipinski definition) is 2. The lowest BCUT2D eigenvalue weighted by Gasteiger charge is -2.15. The number of amides is 1. The molecule has 0 bridgehead atoms. The summed E-state index contributed by atoms with van der Waals surface area (Å²) in [6, 6.07) is 10.5. The molecule has 0 aliphatic rings. The van der Waals surface area contributed by atoms with E-state index in [0.717, 1.165) is 36.4 Å². The molecule has 0 unspecified atom stereocenters. The Morgan fingerprint density at radius 2 is 1.49 bits per heavy atom. The Kier molecular flexibility index (Phi) is 6.98. The summed E-state index contributed by atoms with van der Waals surface area (Å²) in [6.45, 7) is 0. The number of nitrogens with one attached hydrogen (secondary N) is 1. The average Bonchev–Trinajstić information content (AvgIpc) is 2.73. The van der Waals surface area contributed by atoms with Gasteiger partial charge in [-0.25, -0.2) is 13.6 Å². The van der Waals surface area contributed by atoms with E-state index in [0.29, 0.717) is 12.1 Å². The number of nitrogens with two attached hydrogens (primary N) is 1. The zero-order valence-corrected chi connectivity index (χ0v) is 18.0. The quantitative estimate of drug-likeness (QED) is 0.429. The summed E-state index contributed by atoms with van der Waals surface area (Å²) in [5, 5.41) is 7.37. The van der Waals surface area contributed by atoms with Crippen molar-refractivity contribution in [3.05, 3.63) is 77.9 Å². The van der Waals surface area contributed by atoms with Crippen molar-refractivity contribution in [2.24, 2.45) is 5.14 Å². The number of ether oxygens (including phenoxy) is 2. The van der Waals surface area contributed by atoms with E-state index in [-0.39, 0.29) is 21.9 Å². The number of anilines is 1. The summed E-state index contributed by atoms with van der Waals surface area (Å²) in [6.07, 6.45) is -9.74. The number of rotatable bonds is 6. The molecule has 0 spiro atoms. The minimum atomic E-state index is -4.95. The van der Waals surface area contributed by atoms with Gasteiger partial charge in [-0.3, -0.25) is 4.79 Å². The maximum Gasteiger partial charge on any atom is 0.573 e. The number of carbonyl (C=O) groups is 1. The van der Waals surface area contributed by atoms with Gasteiger partial charge < -0.3 is 14.8 Å². The molecule has 0 aromatic heterocycles. The van der Waals surface area contributed by atoms with Gasteiger partial charge in [0.2, 0.25) is 10.0 Å². The topological polar surface area (TPSA) is 108 Å². The smallest absolute Gasteiger partial charge is 0.457 e. The molecule has 0 heterocycles. The monoisotopic (exact) mass is 520 g/mol. The normalized spacial score (nSPS) is 12.2. The second-order valence-corrected chi connectivity index (χ2v) is 8.42. The van der Waals surface area contributed by atoms with Gasteiger partial charge in [-0.1, -0.05) is 6.07 Å². The molecule has 0 atom stereocenters. The molecule has 35 heavy (non-hydrogen) atoms. The average molecular weight is 520 g/mol. The Morgan fingerprint density at radius 3 is 2.06 bits per heavy atom. The van der Waals surface area contributed by atoms with Crippen LogP contribution in [-0.2, 0) is 16.2 Å². The van der Waals surface area contributed by atoms with Gasteiger partial charge in [-0.2, -0.15) is 13.2 Å². The van der Waals surface area contributed by atoms with E-state index in [1.807, 2.05) is 0 Å². The van der Waals surface area contributed by atoms with Crippen molar-refractivity contribution >= 4 is 21.6 Å². The van der Waals surface area contributed by atoms with Gasteiger partial charge in [0.1, 0.15) is 17.2 Å². The fourth-order valence-electron chi connectivity index (χ4n) is 2.76. The Hall–Kier alpha value is -3.78. The summed E-state index contributed by atoms with van der Waals surface area (Å²) < 4.78 is 109. The van der Waals surface area contributed by atoms with Crippen LogP contribution in [0.25, 0.3) is 0 Å². The van der Waals surface area contributed by atoms with Crippen LogP contribution in [0.15, 0.2) is 71.6 Å². The van der Waals surface area contributed by atoms with Gasteiger partial charge >= 0.3 is 12.5 Å². The van der Waals surface area contributed by atoms with Gasteiger partial charge in [0.15, 0.2) is 0 Å². The van der Waals surface area contributed by atoms with Gasteiger partial charge in [0.25, 0.3) is 5.91 Å². The predicted molar refractivity (Wildman–Crippen MR) is 110 cm³/mol. The van der Waals surface area contributed by atoms with Crippen LogP contribution in [0.4, 0.5) is 32.0 Å². The highest BCUT2D eigenvalue weighted by Gasteiger charge is 2.33. The van der Waals surface area contributed by atoms with Crippen LogP contribution in [-0.4, -0.2) is 20.7 Å². The number of primary sulfonamides is 1. The third-order valence-corrected chi connectivity index (χ3v) is 5.17. The Balaban J connectivity index is 1.93. The maximum atomic E-state index is 13.2. The van der Waals surface area contributed by atoms with Crippen LogP contribution in [0.1, 0.15) is 15.9 Å². The molecule has 0 saturated carbocycles. The molecule has 0 saturated heterocycles. The van der Waals surface area contributed by atoms with Crippen LogP contribution in [0, 0.1) is 0 Å². The minimum absolute atomic E-state index is 0.0268. The predicted octanol–water partition coefficient (Wildman–Crippen LogP) is 5.30. The third-order valence-electron chi connectivity index (χ3n) is 4.26. The summed E-state index contributed by atoms with van der Waals surface area (Å²) in [7, 11) is -4.09. The molecule has 3 rings (SSSR count). The summed E-state index contributed by atoms with van der Waals surface area (Å²) in [5.41, 5.74) is -1.56. The molecule has 14 heteroatoms. The highest BCUT2D eigenvalue weighted by Crippen LogP contribution is 2.36. The molecule has 7 nitrogen and oxygen atoms in total. The number of benzene rings is 3. The molecule has 3 aromatic carbocycles. The van der Waals surface area contributed by atoms with Gasteiger partial charge in [0.05, 0.1) is 16.0 Å². The lowest BCUT2D eigenvalue weighted by atomic mass is 10.1. The zero-order valence-electron chi connectivity index (χ0n) is 17.1. The van der Waals surface area contributed by atoms with Crippen molar-refractivity contribution < 1.29 is 49.0 Å². The molecule has 0 aliphatic carbocycles. The van der Waals surface area contributed by atoms with E-state index in [1.54, 1.807) is 0 Å². The van der Waals surface area contributed by atoms with Crippen LogP contribution in [0.3, 0.4) is 0 Å². The van der Waals surface area contributed by atoms with Gasteiger partial charge in [0, 0.05) is 5.69 Å². The molecular weight excluding hydrogens is 506 g/mol. The first-order valence-electron chi connectivity index (χ1n) is 9.31. The number of carbonyl (C=O) groups excluding carboxylic acids is 1. The van der Waals surface area contributed by atoms with E-state index in [2.05, 4.69) is 10.1 Å². The van der Waals surface area contributed by atoms with Crippen molar-refractivity contribution in [1.82, 2.24) is 0 Å². The summed E-state index contributed by atoms with van der Waals surface area (Å²) in [5.74, 6) is -2.31. The largest absolute Gasteiger partial charge is 0.573 e. The first kappa shape index (κ1) is 25.8. The van der Waals surface area contributed by atoms with Crippen LogP contribution in [0.2, 0.25) is 0 Å². The molecule has 3 aromatic rings. The highest BCUT2D eigenvalue weighted by atomic mass is 32.2. The fraction of sp³-hybridized carbons (Fsp3) is 0.0952. The zero-order chi connectivity index (χ0) is 26.0. The maximum absolute atomic E-state index is 13.2. The number of halogens is 6. The standard InChI is InChI=1S/C21H14F6N2O5S/c22-20(23,24)12-4-9-17(19(30)29-13-2-1-3-16(11-13)35(28,31)32)18(10-12)33-14-5-7-15(8-6-14)34-21(25,26)27/h1-11H,(H,29,30)(H2,28,31,32). The second-order valence-electron chi connectivity index (χ2n) is 6.86. The lowest BCUT2D eigenvalue weighted by Crippen LogP contribution is -2.17. The molecule has 0 fully saturated rings. The van der Waals surface area contributed by atoms with Crippen LogP contribution < -0.4 is 19.9 Å². The van der Waals surface area contributed by atoms with Crippen molar-refractivity contribution in [2.75, 3.05) is 5.32 Å². The molecule has 0 aliphatic heterocycles. The van der Waals surface area contributed by atoms with E-state index >= 15 is 0 Å². The number of alkyl halides is 6. The Labute approximate surface area is 194 Å². The molecular formula is C21H14F6N2O5S. The summed E-state index contributed by atoms with van der Waals surface area (Å²) >= 11 is 0. The van der Waals surface area contributed by atoms with E-state index in [9.17, 15) is 39.6 Å². The SMILES string of the molecule is NS(=O)(=O)c1cccc(NC(=O)c2ccc(C(F)(F)F)cc2Oc2ccc(OC(F)(F)F)cc2)c1. The van der Waals surface area contributed by atoms with E-state index < -0.39 is 45.5 Å². The molecule has 1 amide bonds. The molecule has 0 radical (unpaired) electrons. The first-order chi connectivity index (χ1) is 16.1. The summed E-state index contributed by atoms with van der Waals surface area (Å²) in [4.78, 5) is 12.4. The second kappa shape index (κ2) is 9.46. The highest BCUT2D eigenvalue weighted by molar-refractivity contribution is 7.89. The van der Waals surface area contributed by atoms with Crippen molar-refractivity contribution in [1.29, 1.82) is 0 Å². The van der Waals surface area contributed by atoms with Gasteiger partial charge in [-0.15, -0.1) is 13.2 Å². The van der Waals surface area contributed by atoms with Crippen molar-refractivity contribution in [3.8, 4) is 17.2 Å². The van der Waals surface area contributed by atoms with Crippen molar-refractivity contribution in [3.63, 3.8) is 0 Å². The number of hydrogen-bond acceptors (Lipinski definition) is 5. The Morgan fingerprint density at radius 1 is 0.857 bits per heavy atom. The van der Waals surface area contributed by atoms with Crippen LogP contribution in [0.5, 0.6) is 17.2 Å². The first-order valence-corrected chi connectivity index (χ1v) is 10.9. The van der Waals surface area contributed by atoms with Gasteiger partial charge in [-0.05, 0) is 60.7 Å². The fourth-order valence-corrected chi connectivity index (χ4v) is 3.32. The lowest BCUT2D eigenvalue weighted by molar-refractivity contribution is -0.274. The third kappa shape index (κ3) is 7.10. The van der Waals surface area contributed by atoms with E-state index in [4.69, 9.17) is 9.88 Å². The van der Waals surface area contributed by atoms with E-state index in [1.165, 1.54) is 18.2 Å². The van der Waals surface area contributed by atoms with Crippen molar-refractivity contribution in [2.45, 2.75) is 17.4 Å².